The summed E-state index contributed by atoms with van der Waals surface area (Å²) in [6, 6.07) is 15.0. The summed E-state index contributed by atoms with van der Waals surface area (Å²) in [6.45, 7) is 3.36. The summed E-state index contributed by atoms with van der Waals surface area (Å²) in [4.78, 5) is 20.3. The third-order valence-corrected chi connectivity index (χ3v) is 4.17. The monoisotopic (exact) mass is 326 g/mol. The third kappa shape index (κ3) is 4.31. The maximum atomic E-state index is 12.2. The Kier molecular flexibility index (Phi) is 5.40. The first-order valence-corrected chi connectivity index (χ1v) is 8.15. The first-order valence-electron chi connectivity index (χ1n) is 8.15. The van der Waals surface area contributed by atoms with Crippen LogP contribution in [0.4, 0.5) is 10.6 Å². The summed E-state index contributed by atoms with van der Waals surface area (Å²) in [5.74, 6) is 0.560. The Bertz CT molecular complexity index is 643. The molecule has 0 bridgehead atoms. The second-order valence-corrected chi connectivity index (χ2v) is 5.86. The van der Waals surface area contributed by atoms with Crippen molar-refractivity contribution in [3.63, 3.8) is 0 Å². The van der Waals surface area contributed by atoms with Crippen molar-refractivity contribution in [2.24, 2.45) is 0 Å². The molecule has 2 aromatic rings. The molecule has 1 fully saturated rings. The zero-order valence-electron chi connectivity index (χ0n) is 13.5. The van der Waals surface area contributed by atoms with Gasteiger partial charge in [-0.25, -0.2) is 9.78 Å². The smallest absolute Gasteiger partial charge is 0.323 e. The van der Waals surface area contributed by atoms with Crippen LogP contribution in [0.1, 0.15) is 11.7 Å². The predicted octanol–water partition coefficient (Wildman–Crippen LogP) is 1.96. The average Bonchev–Trinajstić information content (AvgIpc) is 2.64. The Morgan fingerprint density at radius 1 is 1.08 bits per heavy atom. The minimum absolute atomic E-state index is 0.128. The molecule has 2 N–H and O–H groups in total. The number of anilines is 1. The summed E-state index contributed by atoms with van der Waals surface area (Å²) in [7, 11) is 0. The first kappa shape index (κ1) is 16.4. The van der Waals surface area contributed by atoms with E-state index in [1.807, 2.05) is 42.5 Å². The van der Waals surface area contributed by atoms with Crippen molar-refractivity contribution in [3.05, 3.63) is 60.3 Å². The number of aromatic nitrogens is 1. The van der Waals surface area contributed by atoms with Gasteiger partial charge in [-0.15, -0.1) is 0 Å². The second kappa shape index (κ2) is 7.90. The van der Waals surface area contributed by atoms with Gasteiger partial charge in [0.2, 0.25) is 0 Å². The average molecular weight is 326 g/mol. The highest BCUT2D eigenvalue weighted by Crippen LogP contribution is 2.15. The standard InChI is InChI=1S/C18H22N4O2/c23-16(15-6-2-1-3-7-15)14-21-10-12-22(13-11-21)18(24)20-17-8-4-5-9-19-17/h1-9,16,23H,10-14H2,(H,19,20,24)/t16-/m0/s1. The number of β-amino-alcohol motifs (C(OH)–C–C–N with tert-alkyl or cyclic N) is 1. The van der Waals surface area contributed by atoms with E-state index in [2.05, 4.69) is 15.2 Å². The van der Waals surface area contributed by atoms with Crippen molar-refractivity contribution >= 4 is 11.8 Å². The van der Waals surface area contributed by atoms with E-state index in [4.69, 9.17) is 0 Å². The number of nitrogens with one attached hydrogen (secondary N) is 1. The summed E-state index contributed by atoms with van der Waals surface area (Å²) < 4.78 is 0. The number of benzene rings is 1. The minimum atomic E-state index is -0.500. The molecule has 24 heavy (non-hydrogen) atoms. The topological polar surface area (TPSA) is 68.7 Å². The number of nitrogens with zero attached hydrogens (tertiary/aromatic N) is 3. The summed E-state index contributed by atoms with van der Waals surface area (Å²) in [5.41, 5.74) is 0.924. The highest BCUT2D eigenvalue weighted by Gasteiger charge is 2.23. The molecule has 1 aromatic heterocycles. The lowest BCUT2D eigenvalue weighted by atomic mass is 10.1. The van der Waals surface area contributed by atoms with Gasteiger partial charge in [-0.1, -0.05) is 36.4 Å². The van der Waals surface area contributed by atoms with Crippen LogP contribution in [0.15, 0.2) is 54.7 Å². The van der Waals surface area contributed by atoms with Gasteiger partial charge < -0.3 is 10.0 Å². The summed E-state index contributed by atoms with van der Waals surface area (Å²) in [5, 5.41) is 13.1. The molecule has 0 spiro atoms. The van der Waals surface area contributed by atoms with Crippen LogP contribution in [0.5, 0.6) is 0 Å². The lowest BCUT2D eigenvalue weighted by Crippen LogP contribution is -2.50. The molecule has 0 saturated carbocycles. The van der Waals surface area contributed by atoms with Gasteiger partial charge >= 0.3 is 6.03 Å². The number of piperazine rings is 1. The normalized spacial score (nSPS) is 16.6. The van der Waals surface area contributed by atoms with E-state index in [0.29, 0.717) is 25.5 Å². The molecule has 2 heterocycles. The highest BCUT2D eigenvalue weighted by molar-refractivity contribution is 5.88. The van der Waals surface area contributed by atoms with Gasteiger partial charge in [0, 0.05) is 38.9 Å². The number of amides is 2. The van der Waals surface area contributed by atoms with Crippen LogP contribution in [-0.2, 0) is 0 Å². The van der Waals surface area contributed by atoms with Crippen LogP contribution in [0, 0.1) is 0 Å². The number of aliphatic hydroxyl groups is 1. The van der Waals surface area contributed by atoms with Crippen LogP contribution in [0.2, 0.25) is 0 Å². The number of hydrogen-bond acceptors (Lipinski definition) is 4. The van der Waals surface area contributed by atoms with E-state index in [9.17, 15) is 9.90 Å². The van der Waals surface area contributed by atoms with Crippen LogP contribution in [-0.4, -0.2) is 58.6 Å². The summed E-state index contributed by atoms with van der Waals surface area (Å²) in [6.07, 6.45) is 1.15. The number of carbonyl (C=O) groups is 1. The van der Waals surface area contributed by atoms with Gasteiger partial charge in [0.05, 0.1) is 6.10 Å². The number of urea groups is 1. The number of hydrogen-bond donors (Lipinski definition) is 2. The fourth-order valence-electron chi connectivity index (χ4n) is 2.78. The van der Waals surface area contributed by atoms with Crippen LogP contribution in [0.3, 0.4) is 0 Å². The largest absolute Gasteiger partial charge is 0.387 e. The molecule has 6 heteroatoms. The van der Waals surface area contributed by atoms with Crippen molar-refractivity contribution in [3.8, 4) is 0 Å². The number of aliphatic hydroxyl groups excluding tert-OH is 1. The van der Waals surface area contributed by atoms with E-state index in [1.165, 1.54) is 0 Å². The fourth-order valence-corrected chi connectivity index (χ4v) is 2.78. The maximum Gasteiger partial charge on any atom is 0.323 e. The molecule has 1 saturated heterocycles. The third-order valence-electron chi connectivity index (χ3n) is 4.17. The molecule has 0 aliphatic carbocycles. The lowest BCUT2D eigenvalue weighted by molar-refractivity contribution is 0.0831. The molecule has 1 atom stereocenters. The molecule has 1 aliphatic heterocycles. The molecule has 1 aliphatic rings. The van der Waals surface area contributed by atoms with Gasteiger partial charge in [0.1, 0.15) is 5.82 Å². The number of carbonyl (C=O) groups excluding carboxylic acids is 1. The van der Waals surface area contributed by atoms with Gasteiger partial charge in [0.15, 0.2) is 0 Å². The van der Waals surface area contributed by atoms with Crippen molar-refractivity contribution < 1.29 is 9.90 Å². The van der Waals surface area contributed by atoms with Crippen molar-refractivity contribution in [1.82, 2.24) is 14.8 Å². The molecule has 0 unspecified atom stereocenters. The van der Waals surface area contributed by atoms with E-state index in [-0.39, 0.29) is 6.03 Å². The Balaban J connectivity index is 1.46. The molecule has 0 radical (unpaired) electrons. The Morgan fingerprint density at radius 2 is 1.79 bits per heavy atom. The predicted molar refractivity (Wildman–Crippen MR) is 92.7 cm³/mol. The first-order chi connectivity index (χ1) is 11.7. The van der Waals surface area contributed by atoms with E-state index >= 15 is 0 Å². The number of pyridine rings is 1. The van der Waals surface area contributed by atoms with Crippen molar-refractivity contribution in [2.75, 3.05) is 38.0 Å². The van der Waals surface area contributed by atoms with Gasteiger partial charge in [-0.2, -0.15) is 0 Å². The number of rotatable bonds is 4. The SMILES string of the molecule is O=C(Nc1ccccn1)N1CCN(C[C@H](O)c2ccccc2)CC1. The van der Waals surface area contributed by atoms with Crippen LogP contribution in [0.25, 0.3) is 0 Å². The zero-order chi connectivity index (χ0) is 16.8. The molecule has 2 amide bonds. The van der Waals surface area contributed by atoms with Gasteiger partial charge in [-0.3, -0.25) is 10.2 Å². The van der Waals surface area contributed by atoms with E-state index < -0.39 is 6.10 Å². The van der Waals surface area contributed by atoms with Gasteiger partial charge in [0.25, 0.3) is 0 Å². The summed E-state index contributed by atoms with van der Waals surface area (Å²) >= 11 is 0. The zero-order valence-corrected chi connectivity index (χ0v) is 13.5. The van der Waals surface area contributed by atoms with Crippen LogP contribution < -0.4 is 5.32 Å². The molecule has 1 aromatic carbocycles. The van der Waals surface area contributed by atoms with Crippen molar-refractivity contribution in [1.29, 1.82) is 0 Å². The van der Waals surface area contributed by atoms with Crippen LogP contribution >= 0.6 is 0 Å². The fraction of sp³-hybridized carbons (Fsp3) is 0.333. The highest BCUT2D eigenvalue weighted by atomic mass is 16.3. The molecule has 126 valence electrons. The Hall–Kier alpha value is -2.44. The van der Waals surface area contributed by atoms with Gasteiger partial charge in [-0.05, 0) is 17.7 Å². The lowest BCUT2D eigenvalue weighted by Gasteiger charge is -2.35. The molecular formula is C18H22N4O2. The molecule has 3 rings (SSSR count). The quantitative estimate of drug-likeness (QED) is 0.901. The Morgan fingerprint density at radius 3 is 2.46 bits per heavy atom. The van der Waals surface area contributed by atoms with Crippen molar-refractivity contribution in [2.45, 2.75) is 6.10 Å². The molecule has 6 nitrogen and oxygen atoms in total. The van der Waals surface area contributed by atoms with E-state index in [0.717, 1.165) is 18.7 Å². The Labute approximate surface area is 141 Å². The second-order valence-electron chi connectivity index (χ2n) is 5.86. The van der Waals surface area contributed by atoms with E-state index in [1.54, 1.807) is 17.2 Å². The minimum Gasteiger partial charge on any atom is -0.387 e. The molecular weight excluding hydrogens is 304 g/mol. The maximum absolute atomic E-state index is 12.2.